The molecule has 0 spiro atoms. The summed E-state index contributed by atoms with van der Waals surface area (Å²) in [4.78, 5) is 0. The summed E-state index contributed by atoms with van der Waals surface area (Å²) in [6, 6.07) is 0. The van der Waals surface area contributed by atoms with Crippen LogP contribution in [-0.4, -0.2) is 51.4 Å². The first kappa shape index (κ1) is 29.6. The summed E-state index contributed by atoms with van der Waals surface area (Å²) in [5.41, 5.74) is 0. The van der Waals surface area contributed by atoms with Crippen LogP contribution in [0.1, 0.15) is 0 Å². The molecule has 0 rings (SSSR count). The van der Waals surface area contributed by atoms with Crippen molar-refractivity contribution in [2.24, 2.45) is 0 Å². The van der Waals surface area contributed by atoms with Crippen molar-refractivity contribution < 1.29 is 41.9 Å². The van der Waals surface area contributed by atoms with Gasteiger partial charge >= 0.3 is 68.5 Å². The van der Waals surface area contributed by atoms with E-state index in [0.29, 0.717) is 0 Å². The van der Waals surface area contributed by atoms with Gasteiger partial charge in [-0.1, -0.05) is 0 Å². The minimum atomic E-state index is 0. The minimum absolute atomic E-state index is 0. The summed E-state index contributed by atoms with van der Waals surface area (Å²) in [6.45, 7) is 0. The normalized spacial score (nSPS) is 0. The van der Waals surface area contributed by atoms with E-state index in [1.54, 1.807) is 0 Å². The van der Waals surface area contributed by atoms with Gasteiger partial charge in [-0.3, -0.25) is 0 Å². The molecule has 0 saturated carbocycles. The van der Waals surface area contributed by atoms with Crippen LogP contribution in [0.3, 0.4) is 0 Å². The number of halogens is 2. The molecule has 4 heteroatoms. The van der Waals surface area contributed by atoms with Crippen molar-refractivity contribution in [3.63, 3.8) is 0 Å². The van der Waals surface area contributed by atoms with Gasteiger partial charge in [-0.15, -0.1) is 0 Å². The monoisotopic (exact) mass is 173 g/mol. The van der Waals surface area contributed by atoms with E-state index in [1.165, 1.54) is 0 Å². The van der Waals surface area contributed by atoms with E-state index in [2.05, 4.69) is 0 Å². The molecule has 4 heavy (non-hydrogen) atoms. The molecule has 0 N–H and O–H groups in total. The number of hydrogen-bond acceptors (Lipinski definition) is 0. The Morgan fingerprint density at radius 2 is 0.750 bits per heavy atom. The first-order valence-electron chi connectivity index (χ1n) is 0. The first-order valence-corrected chi connectivity index (χ1v) is 0. The van der Waals surface area contributed by atoms with E-state index in [9.17, 15) is 0 Å². The van der Waals surface area contributed by atoms with Gasteiger partial charge in [0.25, 0.3) is 0 Å². The van der Waals surface area contributed by atoms with Crippen molar-refractivity contribution in [3.8, 4) is 0 Å². The molecule has 1 radical (unpaired) electrons. The average molecular weight is 175 g/mol. The van der Waals surface area contributed by atoms with Crippen LogP contribution in [0.25, 0.3) is 0 Å². The molecule has 0 aromatic carbocycles. The Balaban J connectivity index is 0. The third-order valence-corrected chi connectivity index (χ3v) is 0. The molecule has 27 valence electrons. The second-order valence-corrected chi connectivity index (χ2v) is 0. The first-order chi connectivity index (χ1) is 0. The fourth-order valence-corrected chi connectivity index (χ4v) is 0. The van der Waals surface area contributed by atoms with Crippen LogP contribution in [0.5, 0.6) is 0 Å². The van der Waals surface area contributed by atoms with Crippen molar-refractivity contribution in [2.75, 3.05) is 0 Å². The Kier molecular flexibility index (Phi) is 127. The van der Waals surface area contributed by atoms with Crippen molar-refractivity contribution in [3.05, 3.63) is 0 Å². The zero-order chi connectivity index (χ0) is 0. The van der Waals surface area contributed by atoms with Gasteiger partial charge in [0.15, 0.2) is 0 Å². The maximum atomic E-state index is 0. The van der Waals surface area contributed by atoms with Gasteiger partial charge in [0.1, 0.15) is 0 Å². The van der Waals surface area contributed by atoms with Crippen LogP contribution < -0.4 is 24.8 Å². The molecule has 0 saturated heterocycles. The summed E-state index contributed by atoms with van der Waals surface area (Å²) >= 11 is 0. The summed E-state index contributed by atoms with van der Waals surface area (Å²) in [7, 11) is 0. The zero-order valence-electron chi connectivity index (χ0n) is 1.06. The van der Waals surface area contributed by atoms with E-state index in [4.69, 9.17) is 0 Å². The van der Waals surface area contributed by atoms with Gasteiger partial charge in [0.2, 0.25) is 0 Å². The van der Waals surface area contributed by atoms with Crippen LogP contribution in [-0.2, 0) is 17.1 Å². The van der Waals surface area contributed by atoms with Crippen molar-refractivity contribution in [1.29, 1.82) is 0 Å². The summed E-state index contributed by atoms with van der Waals surface area (Å²) in [5, 5.41) is 0. The molecule has 0 atom stereocenters. The molecule has 0 aromatic rings. The van der Waals surface area contributed by atoms with E-state index < -0.39 is 0 Å². The molecular formula is HCl2CuK. The van der Waals surface area contributed by atoms with Crippen molar-refractivity contribution in [1.82, 2.24) is 0 Å². The van der Waals surface area contributed by atoms with Crippen LogP contribution >= 0.6 is 0 Å². The topological polar surface area (TPSA) is 0 Å². The molecule has 0 aliphatic carbocycles. The quantitative estimate of drug-likeness (QED) is 0.321. The Bertz CT molecular complexity index is 6.00. The van der Waals surface area contributed by atoms with E-state index >= 15 is 0 Å². The fraction of sp³-hybridized carbons (Fsp3) is 0. The van der Waals surface area contributed by atoms with Gasteiger partial charge in [-0.05, 0) is 0 Å². The molecule has 0 heterocycles. The van der Waals surface area contributed by atoms with Gasteiger partial charge in [-0.2, -0.15) is 0 Å². The van der Waals surface area contributed by atoms with Gasteiger partial charge in [0, 0.05) is 0 Å². The SMILES string of the molecule is [Cl-].[Cl-].[Cu+2].[KH]. The standard InChI is InChI=1S/2ClH.Cu.K.H/h2*1H;;;/q;;+2;;/p-2. The van der Waals surface area contributed by atoms with Gasteiger partial charge in [0.05, 0.1) is 0 Å². The number of hydrogen-bond donors (Lipinski definition) is 0. The second-order valence-electron chi connectivity index (χ2n) is 0. The maximum absolute atomic E-state index is 0. The predicted molar refractivity (Wildman–Crippen MR) is 7.15 cm³/mol. The number of rotatable bonds is 0. The molecule has 0 amide bonds. The molecule has 0 aromatic heterocycles. The predicted octanol–water partition coefficient (Wildman–Crippen LogP) is -6.64. The van der Waals surface area contributed by atoms with E-state index in [-0.39, 0.29) is 93.3 Å². The van der Waals surface area contributed by atoms with Crippen LogP contribution in [0.2, 0.25) is 0 Å². The molecular weight excluding hydrogens is 174 g/mol. The van der Waals surface area contributed by atoms with Crippen molar-refractivity contribution in [2.45, 2.75) is 0 Å². The molecule has 0 aliphatic rings. The third kappa shape index (κ3) is 8.83. The molecule has 0 unspecified atom stereocenters. The van der Waals surface area contributed by atoms with Crippen LogP contribution in [0.4, 0.5) is 0 Å². The van der Waals surface area contributed by atoms with E-state index in [0.717, 1.165) is 0 Å². The molecule has 0 bridgehead atoms. The summed E-state index contributed by atoms with van der Waals surface area (Å²) in [5.74, 6) is 0. The Morgan fingerprint density at radius 3 is 0.750 bits per heavy atom. The van der Waals surface area contributed by atoms with Crippen LogP contribution in [0.15, 0.2) is 0 Å². The Morgan fingerprint density at radius 1 is 0.750 bits per heavy atom. The van der Waals surface area contributed by atoms with Gasteiger partial charge in [-0.25, -0.2) is 0 Å². The molecule has 0 aliphatic heterocycles. The van der Waals surface area contributed by atoms with Gasteiger partial charge < -0.3 is 24.8 Å². The summed E-state index contributed by atoms with van der Waals surface area (Å²) < 4.78 is 0. The van der Waals surface area contributed by atoms with Crippen molar-refractivity contribution >= 4 is 51.4 Å². The van der Waals surface area contributed by atoms with E-state index in [1.807, 2.05) is 0 Å². The molecule has 0 nitrogen and oxygen atoms in total. The summed E-state index contributed by atoms with van der Waals surface area (Å²) in [6.07, 6.45) is 0. The third-order valence-electron chi connectivity index (χ3n) is 0. The average Bonchev–Trinajstić information content (AvgIpc) is 0. The second kappa shape index (κ2) is 17.2. The zero-order valence-corrected chi connectivity index (χ0v) is 3.51. The fourth-order valence-electron chi connectivity index (χ4n) is 0. The molecule has 0 fully saturated rings. The Hall–Kier alpha value is 2.74. The van der Waals surface area contributed by atoms with Crippen LogP contribution in [0, 0.1) is 0 Å². The Labute approximate surface area is 91.2 Å².